The van der Waals surface area contributed by atoms with Crippen LogP contribution in [0.2, 0.25) is 0 Å². The van der Waals surface area contributed by atoms with E-state index in [0.29, 0.717) is 6.04 Å². The van der Waals surface area contributed by atoms with Gasteiger partial charge >= 0.3 is 0 Å². The van der Waals surface area contributed by atoms with E-state index in [1.165, 1.54) is 32.1 Å². The first kappa shape index (κ1) is 14.5. The summed E-state index contributed by atoms with van der Waals surface area (Å²) in [6.07, 6.45) is 10.3. The van der Waals surface area contributed by atoms with Gasteiger partial charge in [-0.1, -0.05) is 25.3 Å². The molecule has 21 heavy (non-hydrogen) atoms. The van der Waals surface area contributed by atoms with Crippen molar-refractivity contribution in [2.24, 2.45) is 0 Å². The van der Waals surface area contributed by atoms with Gasteiger partial charge in [-0.2, -0.15) is 0 Å². The number of imidazole rings is 1. The van der Waals surface area contributed by atoms with Crippen molar-refractivity contribution in [1.29, 1.82) is 0 Å². The van der Waals surface area contributed by atoms with Crippen LogP contribution in [0.25, 0.3) is 5.65 Å². The van der Waals surface area contributed by atoms with E-state index in [1.807, 2.05) is 31.3 Å². The van der Waals surface area contributed by atoms with E-state index < -0.39 is 0 Å². The fourth-order valence-corrected chi connectivity index (χ4v) is 3.40. The van der Waals surface area contributed by atoms with Gasteiger partial charge in [0.2, 0.25) is 0 Å². The molecule has 0 spiro atoms. The normalized spacial score (nSPS) is 18.4. The molecule has 3 rings (SSSR count). The van der Waals surface area contributed by atoms with Crippen LogP contribution < -0.4 is 0 Å². The van der Waals surface area contributed by atoms with Gasteiger partial charge in [0.1, 0.15) is 5.65 Å². The third kappa shape index (κ3) is 3.63. The minimum atomic E-state index is -0.288. The molecular weight excluding hydrogens is 262 g/mol. The first-order chi connectivity index (χ1) is 10.2. The topological polar surface area (TPSA) is 40.8 Å². The molecule has 0 saturated heterocycles. The lowest BCUT2D eigenvalue weighted by Gasteiger charge is -2.34. The summed E-state index contributed by atoms with van der Waals surface area (Å²) in [6, 6.07) is 6.66. The highest BCUT2D eigenvalue weighted by Gasteiger charge is 2.23. The van der Waals surface area contributed by atoms with Crippen LogP contribution in [0.4, 0.5) is 0 Å². The third-order valence-corrected chi connectivity index (χ3v) is 4.37. The summed E-state index contributed by atoms with van der Waals surface area (Å²) in [5, 5.41) is 9.80. The van der Waals surface area contributed by atoms with Crippen molar-refractivity contribution in [1.82, 2.24) is 14.3 Å². The van der Waals surface area contributed by atoms with Gasteiger partial charge in [0.25, 0.3) is 0 Å². The zero-order chi connectivity index (χ0) is 14.7. The number of aliphatic hydroxyl groups is 1. The Bertz CT molecular complexity index is 539. The van der Waals surface area contributed by atoms with Crippen molar-refractivity contribution < 1.29 is 5.11 Å². The molecule has 2 aromatic rings. The van der Waals surface area contributed by atoms with Crippen LogP contribution in [0, 0.1) is 0 Å². The summed E-state index contributed by atoms with van der Waals surface area (Å²) in [7, 11) is 0. The molecule has 2 heterocycles. The van der Waals surface area contributed by atoms with E-state index in [4.69, 9.17) is 4.98 Å². The molecule has 0 radical (unpaired) electrons. The smallest absolute Gasteiger partial charge is 0.137 e. The predicted octanol–water partition coefficient (Wildman–Crippen LogP) is 2.85. The lowest BCUT2D eigenvalue weighted by atomic mass is 9.94. The largest absolute Gasteiger partial charge is 0.392 e. The predicted molar refractivity (Wildman–Crippen MR) is 84.2 cm³/mol. The molecule has 0 amide bonds. The number of nitrogens with zero attached hydrogens (tertiary/aromatic N) is 3. The lowest BCUT2D eigenvalue weighted by Crippen LogP contribution is -2.40. The maximum absolute atomic E-state index is 9.80. The Kier molecular flexibility index (Phi) is 4.56. The van der Waals surface area contributed by atoms with Crippen LogP contribution in [0.3, 0.4) is 0 Å². The summed E-state index contributed by atoms with van der Waals surface area (Å²) >= 11 is 0. The second-order valence-electron chi connectivity index (χ2n) is 6.27. The zero-order valence-electron chi connectivity index (χ0n) is 12.8. The maximum Gasteiger partial charge on any atom is 0.137 e. The molecule has 0 aliphatic heterocycles. The molecule has 1 unspecified atom stereocenters. The van der Waals surface area contributed by atoms with E-state index in [-0.39, 0.29) is 6.10 Å². The summed E-state index contributed by atoms with van der Waals surface area (Å²) < 4.78 is 2.07. The number of hydrogen-bond donors (Lipinski definition) is 1. The Morgan fingerprint density at radius 2 is 2.14 bits per heavy atom. The molecule has 1 aliphatic rings. The highest BCUT2D eigenvalue weighted by atomic mass is 16.3. The maximum atomic E-state index is 9.80. The number of rotatable bonds is 5. The molecule has 1 N–H and O–H groups in total. The average Bonchev–Trinajstić information content (AvgIpc) is 2.89. The van der Waals surface area contributed by atoms with Gasteiger partial charge in [-0.3, -0.25) is 4.90 Å². The van der Waals surface area contributed by atoms with Gasteiger partial charge in [0, 0.05) is 31.5 Å². The molecule has 114 valence electrons. The minimum absolute atomic E-state index is 0.288. The van der Waals surface area contributed by atoms with Crippen molar-refractivity contribution in [3.05, 3.63) is 36.3 Å². The summed E-state index contributed by atoms with van der Waals surface area (Å²) in [6.45, 7) is 3.44. The quantitative estimate of drug-likeness (QED) is 0.919. The van der Waals surface area contributed by atoms with Crippen LogP contribution in [0.1, 0.15) is 44.7 Å². The molecule has 0 bridgehead atoms. The molecule has 0 aromatic carbocycles. The highest BCUT2D eigenvalue weighted by Crippen LogP contribution is 2.24. The van der Waals surface area contributed by atoms with Crippen LogP contribution in [0.15, 0.2) is 30.6 Å². The van der Waals surface area contributed by atoms with Crippen molar-refractivity contribution in [2.75, 3.05) is 6.54 Å². The van der Waals surface area contributed by atoms with Crippen molar-refractivity contribution >= 4 is 5.65 Å². The van der Waals surface area contributed by atoms with Gasteiger partial charge in [0.15, 0.2) is 0 Å². The van der Waals surface area contributed by atoms with Crippen LogP contribution in [-0.4, -0.2) is 38.1 Å². The molecule has 1 aliphatic carbocycles. The molecule has 4 heteroatoms. The Balaban J connectivity index is 1.76. The second-order valence-corrected chi connectivity index (χ2v) is 6.27. The summed E-state index contributed by atoms with van der Waals surface area (Å²) in [5.41, 5.74) is 2.08. The SMILES string of the molecule is CC(O)CN(Cc1cn2ccccc2n1)C1CCCCC1. The number of aliphatic hydroxyl groups excluding tert-OH is 1. The van der Waals surface area contributed by atoms with Crippen LogP contribution in [0.5, 0.6) is 0 Å². The number of aromatic nitrogens is 2. The van der Waals surface area contributed by atoms with E-state index in [0.717, 1.165) is 24.4 Å². The Labute approximate surface area is 126 Å². The van der Waals surface area contributed by atoms with E-state index in [2.05, 4.69) is 15.5 Å². The van der Waals surface area contributed by atoms with Gasteiger partial charge in [-0.15, -0.1) is 0 Å². The minimum Gasteiger partial charge on any atom is -0.392 e. The number of pyridine rings is 1. The van der Waals surface area contributed by atoms with E-state index >= 15 is 0 Å². The van der Waals surface area contributed by atoms with Crippen molar-refractivity contribution in [2.45, 2.75) is 57.7 Å². The average molecular weight is 287 g/mol. The molecule has 2 aromatic heterocycles. The zero-order valence-corrected chi connectivity index (χ0v) is 12.8. The standard InChI is InChI=1S/C17H25N3O/c1-14(21)11-20(16-7-3-2-4-8-16)13-15-12-19-10-6-5-9-17(19)18-15/h5-6,9-10,12,14,16,21H,2-4,7-8,11,13H2,1H3. The Morgan fingerprint density at radius 1 is 1.33 bits per heavy atom. The molecular formula is C17H25N3O. The number of fused-ring (bicyclic) bond motifs is 1. The lowest BCUT2D eigenvalue weighted by molar-refractivity contribution is 0.0761. The van der Waals surface area contributed by atoms with Gasteiger partial charge in [-0.25, -0.2) is 4.98 Å². The molecule has 1 fully saturated rings. The highest BCUT2D eigenvalue weighted by molar-refractivity contribution is 5.39. The fraction of sp³-hybridized carbons (Fsp3) is 0.588. The van der Waals surface area contributed by atoms with E-state index in [9.17, 15) is 5.11 Å². The second kappa shape index (κ2) is 6.58. The summed E-state index contributed by atoms with van der Waals surface area (Å²) in [4.78, 5) is 7.12. The van der Waals surface area contributed by atoms with Gasteiger partial charge < -0.3 is 9.51 Å². The van der Waals surface area contributed by atoms with Gasteiger partial charge in [-0.05, 0) is 31.9 Å². The first-order valence-corrected chi connectivity index (χ1v) is 8.07. The Hall–Kier alpha value is -1.39. The first-order valence-electron chi connectivity index (χ1n) is 8.07. The van der Waals surface area contributed by atoms with Crippen LogP contribution >= 0.6 is 0 Å². The molecule has 4 nitrogen and oxygen atoms in total. The summed E-state index contributed by atoms with van der Waals surface area (Å²) in [5.74, 6) is 0. The molecule has 1 saturated carbocycles. The molecule has 1 atom stereocenters. The van der Waals surface area contributed by atoms with Crippen molar-refractivity contribution in [3.8, 4) is 0 Å². The Morgan fingerprint density at radius 3 is 2.86 bits per heavy atom. The fourth-order valence-electron chi connectivity index (χ4n) is 3.40. The van der Waals surface area contributed by atoms with Crippen LogP contribution in [-0.2, 0) is 6.54 Å². The third-order valence-electron chi connectivity index (χ3n) is 4.37. The van der Waals surface area contributed by atoms with Gasteiger partial charge in [0.05, 0.1) is 11.8 Å². The van der Waals surface area contributed by atoms with E-state index in [1.54, 1.807) is 0 Å². The van der Waals surface area contributed by atoms with Crippen molar-refractivity contribution in [3.63, 3.8) is 0 Å². The monoisotopic (exact) mass is 287 g/mol. The number of hydrogen-bond acceptors (Lipinski definition) is 3.